The fourth-order valence-electron chi connectivity index (χ4n) is 3.07. The predicted molar refractivity (Wildman–Crippen MR) is 122 cm³/mol. The average molecular weight is 429 g/mol. The minimum atomic E-state index is -0.0907. The van der Waals surface area contributed by atoms with Crippen LogP contribution in [-0.4, -0.2) is 53.3 Å². The summed E-state index contributed by atoms with van der Waals surface area (Å²) < 4.78 is 16.3. The molecular formula is C23H32N4O4. The van der Waals surface area contributed by atoms with Gasteiger partial charge in [0.2, 0.25) is 0 Å². The lowest BCUT2D eigenvalue weighted by molar-refractivity contribution is 0.0963. The number of nitrogens with zero attached hydrogens (tertiary/aromatic N) is 1. The van der Waals surface area contributed by atoms with Gasteiger partial charge < -0.3 is 30.2 Å². The smallest absolute Gasteiger partial charge is 0.251 e. The Bertz CT molecular complexity index is 874. The number of hydrogen-bond donors (Lipinski definition) is 3. The molecule has 0 fully saturated rings. The Labute approximate surface area is 184 Å². The Morgan fingerprint density at radius 2 is 1.71 bits per heavy atom. The van der Waals surface area contributed by atoms with Crippen molar-refractivity contribution in [3.05, 3.63) is 53.1 Å². The maximum absolute atomic E-state index is 11.8. The van der Waals surface area contributed by atoms with E-state index >= 15 is 0 Å². The Morgan fingerprint density at radius 1 is 1.00 bits per heavy atom. The van der Waals surface area contributed by atoms with Crippen molar-refractivity contribution in [1.82, 2.24) is 16.0 Å². The molecule has 2 aromatic carbocycles. The van der Waals surface area contributed by atoms with Crippen molar-refractivity contribution in [3.63, 3.8) is 0 Å². The predicted octanol–water partition coefficient (Wildman–Crippen LogP) is 2.37. The molecular weight excluding hydrogens is 396 g/mol. The second-order valence-electron chi connectivity index (χ2n) is 6.66. The number of aliphatic imine (C=N–C) groups is 1. The topological polar surface area (TPSA) is 93.2 Å². The molecule has 0 saturated heterocycles. The first-order valence-electron chi connectivity index (χ1n) is 10.2. The van der Waals surface area contributed by atoms with Gasteiger partial charge in [-0.05, 0) is 31.0 Å². The molecule has 0 unspecified atom stereocenters. The highest BCUT2D eigenvalue weighted by atomic mass is 16.5. The van der Waals surface area contributed by atoms with E-state index in [0.29, 0.717) is 41.9 Å². The summed E-state index contributed by atoms with van der Waals surface area (Å²) in [5.41, 5.74) is 2.56. The third-order valence-electron chi connectivity index (χ3n) is 4.68. The van der Waals surface area contributed by atoms with Crippen LogP contribution < -0.4 is 30.2 Å². The molecule has 31 heavy (non-hydrogen) atoms. The van der Waals surface area contributed by atoms with Crippen molar-refractivity contribution in [2.45, 2.75) is 19.9 Å². The van der Waals surface area contributed by atoms with E-state index < -0.39 is 0 Å². The molecule has 8 nitrogen and oxygen atoms in total. The lowest BCUT2D eigenvalue weighted by Gasteiger charge is -2.15. The normalized spacial score (nSPS) is 10.9. The van der Waals surface area contributed by atoms with Crippen molar-refractivity contribution in [2.24, 2.45) is 4.99 Å². The summed E-state index contributed by atoms with van der Waals surface area (Å²) in [4.78, 5) is 16.5. The van der Waals surface area contributed by atoms with E-state index in [-0.39, 0.29) is 5.91 Å². The lowest BCUT2D eigenvalue weighted by atomic mass is 10.1. The van der Waals surface area contributed by atoms with Crippen molar-refractivity contribution < 1.29 is 19.0 Å². The van der Waals surface area contributed by atoms with Crippen LogP contribution in [0.3, 0.4) is 0 Å². The van der Waals surface area contributed by atoms with Gasteiger partial charge in [0.1, 0.15) is 17.2 Å². The van der Waals surface area contributed by atoms with E-state index in [1.807, 2.05) is 37.3 Å². The van der Waals surface area contributed by atoms with Crippen LogP contribution in [0.25, 0.3) is 0 Å². The average Bonchev–Trinajstić information content (AvgIpc) is 2.81. The summed E-state index contributed by atoms with van der Waals surface area (Å²) >= 11 is 0. The van der Waals surface area contributed by atoms with Crippen molar-refractivity contribution in [3.8, 4) is 17.2 Å². The van der Waals surface area contributed by atoms with Crippen LogP contribution in [0.5, 0.6) is 17.2 Å². The van der Waals surface area contributed by atoms with Crippen LogP contribution in [0.1, 0.15) is 28.4 Å². The van der Waals surface area contributed by atoms with E-state index in [1.165, 1.54) is 0 Å². The van der Waals surface area contributed by atoms with Gasteiger partial charge >= 0.3 is 0 Å². The summed E-state index contributed by atoms with van der Waals surface area (Å²) in [6.07, 6.45) is 0.754. The molecule has 0 aliphatic heterocycles. The number of ether oxygens (including phenoxy) is 3. The van der Waals surface area contributed by atoms with Crippen LogP contribution in [-0.2, 0) is 13.0 Å². The zero-order valence-electron chi connectivity index (χ0n) is 18.9. The molecule has 0 bridgehead atoms. The summed E-state index contributed by atoms with van der Waals surface area (Å²) in [6, 6.07) is 11.2. The minimum Gasteiger partial charge on any atom is -0.496 e. The fraction of sp³-hybridized carbons (Fsp3) is 0.391. The number of carbonyl (C=O) groups excluding carboxylic acids is 1. The van der Waals surface area contributed by atoms with E-state index in [4.69, 9.17) is 14.2 Å². The van der Waals surface area contributed by atoms with Crippen molar-refractivity contribution in [2.75, 3.05) is 41.5 Å². The molecule has 0 aliphatic rings. The molecule has 0 aromatic heterocycles. The maximum Gasteiger partial charge on any atom is 0.251 e. The Hall–Kier alpha value is -3.42. The summed E-state index contributed by atoms with van der Waals surface area (Å²) in [7, 11) is 6.45. The standard InChI is InChI=1S/C23H32N4O4/c1-6-25-23(26-11-10-16-8-7-9-17(12-16)22(28)24-2)27-15-19-20(30-4)13-18(29-3)14-21(19)31-5/h7-9,12-14H,6,10-11,15H2,1-5H3,(H,24,28)(H2,25,26,27). The molecule has 2 aromatic rings. The van der Waals surface area contributed by atoms with E-state index in [0.717, 1.165) is 24.1 Å². The van der Waals surface area contributed by atoms with E-state index in [9.17, 15) is 4.79 Å². The van der Waals surface area contributed by atoms with E-state index in [1.54, 1.807) is 34.4 Å². The lowest BCUT2D eigenvalue weighted by Crippen LogP contribution is -2.38. The van der Waals surface area contributed by atoms with Gasteiger partial charge in [0.25, 0.3) is 5.91 Å². The highest BCUT2D eigenvalue weighted by Crippen LogP contribution is 2.34. The molecule has 0 spiro atoms. The number of methoxy groups -OCH3 is 3. The molecule has 168 valence electrons. The van der Waals surface area contributed by atoms with Crippen LogP contribution in [0.15, 0.2) is 41.4 Å². The van der Waals surface area contributed by atoms with Gasteiger partial charge in [-0.3, -0.25) is 4.79 Å². The minimum absolute atomic E-state index is 0.0907. The highest BCUT2D eigenvalue weighted by Gasteiger charge is 2.13. The first kappa shape index (κ1) is 23.9. The maximum atomic E-state index is 11.8. The Morgan fingerprint density at radius 3 is 2.29 bits per heavy atom. The summed E-state index contributed by atoms with van der Waals surface area (Å²) in [5, 5.41) is 9.22. The molecule has 1 amide bonds. The second kappa shape index (κ2) is 12.3. The highest BCUT2D eigenvalue weighted by molar-refractivity contribution is 5.94. The molecule has 0 atom stereocenters. The van der Waals surface area contributed by atoms with Crippen LogP contribution in [0, 0.1) is 0 Å². The third-order valence-corrected chi connectivity index (χ3v) is 4.68. The quantitative estimate of drug-likeness (QED) is 0.397. The number of hydrogen-bond acceptors (Lipinski definition) is 5. The molecule has 2 rings (SSSR count). The number of benzene rings is 2. The molecule has 0 radical (unpaired) electrons. The van der Waals surface area contributed by atoms with Crippen molar-refractivity contribution in [1.29, 1.82) is 0 Å². The number of nitrogens with one attached hydrogen (secondary N) is 3. The van der Waals surface area contributed by atoms with Gasteiger partial charge in [-0.25, -0.2) is 4.99 Å². The summed E-state index contributed by atoms with van der Waals surface area (Å²) in [5.74, 6) is 2.56. The van der Waals surface area contributed by atoms with Gasteiger partial charge in [0, 0.05) is 37.8 Å². The van der Waals surface area contributed by atoms with E-state index in [2.05, 4.69) is 20.9 Å². The van der Waals surface area contributed by atoms with Crippen LogP contribution in [0.2, 0.25) is 0 Å². The first-order chi connectivity index (χ1) is 15.1. The molecule has 0 saturated carbocycles. The van der Waals surface area contributed by atoms with Crippen LogP contribution in [0.4, 0.5) is 0 Å². The fourth-order valence-corrected chi connectivity index (χ4v) is 3.07. The van der Waals surface area contributed by atoms with Crippen LogP contribution >= 0.6 is 0 Å². The summed E-state index contributed by atoms with van der Waals surface area (Å²) in [6.45, 7) is 3.78. The van der Waals surface area contributed by atoms with Gasteiger partial charge in [0.15, 0.2) is 5.96 Å². The zero-order valence-corrected chi connectivity index (χ0v) is 18.9. The molecule has 3 N–H and O–H groups in total. The second-order valence-corrected chi connectivity index (χ2v) is 6.66. The number of amides is 1. The van der Waals surface area contributed by atoms with Gasteiger partial charge in [-0.2, -0.15) is 0 Å². The third kappa shape index (κ3) is 6.80. The monoisotopic (exact) mass is 428 g/mol. The largest absolute Gasteiger partial charge is 0.496 e. The van der Waals surface area contributed by atoms with Gasteiger partial charge in [0.05, 0.1) is 33.4 Å². The molecule has 8 heteroatoms. The van der Waals surface area contributed by atoms with Gasteiger partial charge in [-0.1, -0.05) is 12.1 Å². The number of carbonyl (C=O) groups is 1. The number of rotatable bonds is 10. The Balaban J connectivity index is 2.08. The first-order valence-corrected chi connectivity index (χ1v) is 10.2. The molecule has 0 aliphatic carbocycles. The SMILES string of the molecule is CCNC(=NCc1c(OC)cc(OC)cc1OC)NCCc1cccc(C(=O)NC)c1. The number of guanidine groups is 1. The molecule has 0 heterocycles. The van der Waals surface area contributed by atoms with Gasteiger partial charge in [-0.15, -0.1) is 0 Å². The Kier molecular flexibility index (Phi) is 9.48. The zero-order chi connectivity index (χ0) is 22.6. The van der Waals surface area contributed by atoms with Crippen molar-refractivity contribution >= 4 is 11.9 Å².